The van der Waals surface area contributed by atoms with Gasteiger partial charge >= 0.3 is 5.97 Å². The van der Waals surface area contributed by atoms with Crippen LogP contribution >= 0.6 is 12.4 Å². The van der Waals surface area contributed by atoms with Crippen molar-refractivity contribution in [2.75, 3.05) is 27.4 Å². The molecule has 24 heavy (non-hydrogen) atoms. The zero-order valence-corrected chi connectivity index (χ0v) is 14.6. The maximum absolute atomic E-state index is 12.3. The van der Waals surface area contributed by atoms with Crippen molar-refractivity contribution in [3.8, 4) is 5.75 Å². The van der Waals surface area contributed by atoms with Gasteiger partial charge in [-0.2, -0.15) is 0 Å². The summed E-state index contributed by atoms with van der Waals surface area (Å²) in [7, 11) is 2.78. The number of ether oxygens (including phenoxy) is 3. The van der Waals surface area contributed by atoms with E-state index in [1.165, 1.54) is 14.2 Å². The van der Waals surface area contributed by atoms with Crippen LogP contribution in [0.3, 0.4) is 0 Å². The van der Waals surface area contributed by atoms with Crippen LogP contribution in [0, 0.1) is 0 Å². The molecule has 0 atom stereocenters. The highest BCUT2D eigenvalue weighted by molar-refractivity contribution is 5.92. The molecule has 0 bridgehead atoms. The lowest BCUT2D eigenvalue weighted by molar-refractivity contribution is -0.129. The molecule has 1 saturated heterocycles. The topological polar surface area (TPSA) is 99.9 Å². The predicted molar refractivity (Wildman–Crippen MR) is 90.4 cm³/mol. The molecule has 1 aliphatic heterocycles. The molecule has 0 spiro atoms. The monoisotopic (exact) mass is 358 g/mol. The molecule has 0 aliphatic carbocycles. The fourth-order valence-electron chi connectivity index (χ4n) is 2.46. The summed E-state index contributed by atoms with van der Waals surface area (Å²) >= 11 is 0. The van der Waals surface area contributed by atoms with Gasteiger partial charge < -0.3 is 25.3 Å². The first-order valence-corrected chi connectivity index (χ1v) is 7.40. The molecule has 1 aromatic carbocycles. The molecule has 0 aromatic heterocycles. The first-order valence-electron chi connectivity index (χ1n) is 7.40. The maximum Gasteiger partial charge on any atom is 0.341 e. The lowest BCUT2D eigenvalue weighted by atomic mass is 9.90. The highest BCUT2D eigenvalue weighted by atomic mass is 35.5. The van der Waals surface area contributed by atoms with E-state index in [-0.39, 0.29) is 24.9 Å². The number of methoxy groups -OCH3 is 2. The van der Waals surface area contributed by atoms with E-state index in [9.17, 15) is 9.59 Å². The van der Waals surface area contributed by atoms with E-state index < -0.39 is 11.5 Å². The van der Waals surface area contributed by atoms with Gasteiger partial charge in [0.25, 0.3) is 0 Å². The highest BCUT2D eigenvalue weighted by Crippen LogP contribution is 2.21. The van der Waals surface area contributed by atoms with E-state index >= 15 is 0 Å². The van der Waals surface area contributed by atoms with E-state index in [0.717, 1.165) is 5.56 Å². The number of amides is 1. The quantitative estimate of drug-likeness (QED) is 0.762. The Kier molecular flexibility index (Phi) is 7.47. The number of rotatable bonds is 5. The molecule has 2 rings (SSSR count). The van der Waals surface area contributed by atoms with Gasteiger partial charge in [-0.05, 0) is 30.5 Å². The van der Waals surface area contributed by atoms with E-state index in [1.54, 1.807) is 18.2 Å². The molecule has 3 N–H and O–H groups in total. The summed E-state index contributed by atoms with van der Waals surface area (Å²) in [5, 5.41) is 2.82. The smallest absolute Gasteiger partial charge is 0.341 e. The fourth-order valence-corrected chi connectivity index (χ4v) is 2.46. The van der Waals surface area contributed by atoms with Gasteiger partial charge in [0, 0.05) is 19.8 Å². The summed E-state index contributed by atoms with van der Waals surface area (Å²) in [5.74, 6) is -0.280. The van der Waals surface area contributed by atoms with E-state index in [4.69, 9.17) is 19.9 Å². The summed E-state index contributed by atoms with van der Waals surface area (Å²) < 4.78 is 15.1. The van der Waals surface area contributed by atoms with Crippen molar-refractivity contribution in [3.05, 3.63) is 29.3 Å². The minimum Gasteiger partial charge on any atom is -0.496 e. The average Bonchev–Trinajstić information content (AvgIpc) is 2.59. The first-order chi connectivity index (χ1) is 11.0. The summed E-state index contributed by atoms with van der Waals surface area (Å²) in [6.45, 7) is 1.24. The Morgan fingerprint density at radius 2 is 1.96 bits per heavy atom. The maximum atomic E-state index is 12.3. The molecular weight excluding hydrogens is 336 g/mol. The van der Waals surface area contributed by atoms with Crippen molar-refractivity contribution in [2.45, 2.75) is 24.9 Å². The number of halogens is 1. The van der Waals surface area contributed by atoms with Crippen LogP contribution in [0.1, 0.15) is 28.8 Å². The fraction of sp³-hybridized carbons (Fsp3) is 0.500. The molecule has 0 saturated carbocycles. The van der Waals surface area contributed by atoms with Crippen LogP contribution in [0.2, 0.25) is 0 Å². The third kappa shape index (κ3) is 4.59. The number of nitrogens with one attached hydrogen (secondary N) is 1. The van der Waals surface area contributed by atoms with Crippen LogP contribution in [0.15, 0.2) is 18.2 Å². The second kappa shape index (κ2) is 8.86. The van der Waals surface area contributed by atoms with Crippen LogP contribution in [0.5, 0.6) is 5.75 Å². The molecule has 1 fully saturated rings. The van der Waals surface area contributed by atoms with Gasteiger partial charge in [0.2, 0.25) is 5.91 Å². The van der Waals surface area contributed by atoms with E-state index in [1.807, 2.05) is 0 Å². The molecule has 134 valence electrons. The van der Waals surface area contributed by atoms with Gasteiger partial charge in [-0.1, -0.05) is 6.07 Å². The predicted octanol–water partition coefficient (Wildman–Crippen LogP) is 1.03. The SMILES string of the molecule is COC(=O)c1cc(CNC(=O)C2(N)CCOCC2)ccc1OC.Cl. The van der Waals surface area contributed by atoms with Crippen molar-refractivity contribution in [1.82, 2.24) is 5.32 Å². The van der Waals surface area contributed by atoms with Gasteiger partial charge in [0.15, 0.2) is 0 Å². The van der Waals surface area contributed by atoms with Crippen LogP contribution in [-0.4, -0.2) is 44.8 Å². The minimum absolute atomic E-state index is 0. The van der Waals surface area contributed by atoms with Gasteiger partial charge in [-0.3, -0.25) is 4.79 Å². The van der Waals surface area contributed by atoms with Gasteiger partial charge in [0.1, 0.15) is 11.3 Å². The standard InChI is InChI=1S/C16H22N2O5.ClH/c1-21-13-4-3-11(9-12(13)14(19)22-2)10-18-15(20)16(17)5-7-23-8-6-16;/h3-4,9H,5-8,10,17H2,1-2H3,(H,18,20);1H. The largest absolute Gasteiger partial charge is 0.496 e. The van der Waals surface area contributed by atoms with Crippen molar-refractivity contribution in [2.24, 2.45) is 5.73 Å². The number of benzene rings is 1. The number of esters is 1. The normalized spacial score (nSPS) is 15.8. The highest BCUT2D eigenvalue weighted by Gasteiger charge is 2.35. The van der Waals surface area contributed by atoms with E-state index in [0.29, 0.717) is 37.4 Å². The molecule has 0 unspecified atom stereocenters. The zero-order chi connectivity index (χ0) is 16.9. The molecule has 0 radical (unpaired) electrons. The van der Waals surface area contributed by atoms with Crippen molar-refractivity contribution in [3.63, 3.8) is 0 Å². The molecule has 1 heterocycles. The summed E-state index contributed by atoms with van der Waals surface area (Å²) in [6.07, 6.45) is 0.990. The zero-order valence-electron chi connectivity index (χ0n) is 13.8. The second-order valence-electron chi connectivity index (χ2n) is 5.48. The minimum atomic E-state index is -0.893. The lowest BCUT2D eigenvalue weighted by Gasteiger charge is -2.31. The number of hydrogen-bond acceptors (Lipinski definition) is 6. The summed E-state index contributed by atoms with van der Waals surface area (Å²) in [5.41, 5.74) is 6.31. The van der Waals surface area contributed by atoms with Gasteiger partial charge in [-0.15, -0.1) is 12.4 Å². The van der Waals surface area contributed by atoms with Crippen LogP contribution in [0.4, 0.5) is 0 Å². The Bertz CT molecular complexity index is 588. The number of carbonyl (C=O) groups is 2. The van der Waals surface area contributed by atoms with E-state index in [2.05, 4.69) is 5.32 Å². The number of nitrogens with two attached hydrogens (primary N) is 1. The summed E-state index contributed by atoms with van der Waals surface area (Å²) in [4.78, 5) is 24.0. The summed E-state index contributed by atoms with van der Waals surface area (Å²) in [6, 6.07) is 5.08. The van der Waals surface area contributed by atoms with Crippen molar-refractivity contribution < 1.29 is 23.8 Å². The average molecular weight is 359 g/mol. The Morgan fingerprint density at radius 3 is 2.54 bits per heavy atom. The second-order valence-corrected chi connectivity index (χ2v) is 5.48. The Balaban J connectivity index is 0.00000288. The molecule has 1 amide bonds. The molecular formula is C16H23ClN2O5. The molecule has 8 heteroatoms. The number of hydrogen-bond donors (Lipinski definition) is 2. The van der Waals surface area contributed by atoms with Gasteiger partial charge in [0.05, 0.1) is 19.8 Å². The molecule has 1 aromatic rings. The third-order valence-electron chi connectivity index (χ3n) is 3.96. The Labute approximate surface area is 147 Å². The third-order valence-corrected chi connectivity index (χ3v) is 3.96. The Morgan fingerprint density at radius 1 is 1.29 bits per heavy atom. The molecule has 7 nitrogen and oxygen atoms in total. The number of carbonyl (C=O) groups excluding carboxylic acids is 2. The van der Waals surface area contributed by atoms with Crippen LogP contribution in [0.25, 0.3) is 0 Å². The van der Waals surface area contributed by atoms with Crippen LogP contribution < -0.4 is 15.8 Å². The Hall–Kier alpha value is -1.83. The van der Waals surface area contributed by atoms with Crippen molar-refractivity contribution in [1.29, 1.82) is 0 Å². The van der Waals surface area contributed by atoms with Gasteiger partial charge in [-0.25, -0.2) is 4.79 Å². The van der Waals surface area contributed by atoms with Crippen molar-refractivity contribution >= 4 is 24.3 Å². The first kappa shape index (κ1) is 20.2. The molecule has 1 aliphatic rings. The lowest BCUT2D eigenvalue weighted by Crippen LogP contribution is -2.56. The van der Waals surface area contributed by atoms with Crippen LogP contribution in [-0.2, 0) is 20.8 Å².